The van der Waals surface area contributed by atoms with E-state index in [1.54, 1.807) is 12.4 Å². The molecule has 0 bridgehead atoms. The van der Waals surface area contributed by atoms with Crippen LogP contribution < -0.4 is 15.4 Å². The summed E-state index contributed by atoms with van der Waals surface area (Å²) in [5.41, 5.74) is 2.01. The minimum Gasteiger partial charge on any atom is -0.494 e. The maximum atomic E-state index is 11.9. The maximum absolute atomic E-state index is 11.9. The summed E-state index contributed by atoms with van der Waals surface area (Å²) in [6, 6.07) is 11.2. The summed E-state index contributed by atoms with van der Waals surface area (Å²) < 4.78 is 5.47. The molecular weight excluding hydrogens is 278 g/mol. The number of urea groups is 1. The van der Waals surface area contributed by atoms with Crippen LogP contribution in [0.5, 0.6) is 5.75 Å². The predicted molar refractivity (Wildman–Crippen MR) is 85.6 cm³/mol. The molecule has 1 unspecified atom stereocenters. The van der Waals surface area contributed by atoms with E-state index in [2.05, 4.69) is 15.6 Å². The Morgan fingerprint density at radius 2 is 2.05 bits per heavy atom. The summed E-state index contributed by atoms with van der Waals surface area (Å²) in [6.45, 7) is 4.98. The normalized spacial score (nSPS) is 11.5. The van der Waals surface area contributed by atoms with Gasteiger partial charge in [-0.2, -0.15) is 0 Å². The number of benzene rings is 1. The summed E-state index contributed by atoms with van der Waals surface area (Å²) in [5.74, 6) is 0.811. The van der Waals surface area contributed by atoms with Gasteiger partial charge in [0.15, 0.2) is 0 Å². The van der Waals surface area contributed by atoms with E-state index < -0.39 is 0 Å². The van der Waals surface area contributed by atoms with Gasteiger partial charge in [-0.1, -0.05) is 12.1 Å². The van der Waals surface area contributed by atoms with Crippen LogP contribution in [0.2, 0.25) is 0 Å². The van der Waals surface area contributed by atoms with Crippen molar-refractivity contribution in [3.63, 3.8) is 0 Å². The first-order valence-corrected chi connectivity index (χ1v) is 7.35. The van der Waals surface area contributed by atoms with Gasteiger partial charge < -0.3 is 15.4 Å². The van der Waals surface area contributed by atoms with Crippen LogP contribution >= 0.6 is 0 Å². The molecule has 0 saturated heterocycles. The second kappa shape index (κ2) is 8.02. The number of nitrogens with zero attached hydrogens (tertiary/aromatic N) is 1. The van der Waals surface area contributed by atoms with Crippen LogP contribution in [-0.4, -0.2) is 17.6 Å². The lowest BCUT2D eigenvalue weighted by atomic mass is 10.1. The van der Waals surface area contributed by atoms with Crippen molar-refractivity contribution in [3.8, 4) is 5.75 Å². The number of amides is 2. The number of pyridine rings is 1. The summed E-state index contributed by atoms with van der Waals surface area (Å²) in [7, 11) is 0. The average Bonchev–Trinajstić information content (AvgIpc) is 2.54. The van der Waals surface area contributed by atoms with Crippen LogP contribution in [0.1, 0.15) is 31.0 Å². The zero-order chi connectivity index (χ0) is 15.8. The fourth-order valence-corrected chi connectivity index (χ4v) is 2.05. The minimum atomic E-state index is -0.203. The lowest BCUT2D eigenvalue weighted by Gasteiger charge is -2.16. The monoisotopic (exact) mass is 299 g/mol. The first-order valence-electron chi connectivity index (χ1n) is 7.35. The molecule has 5 heteroatoms. The van der Waals surface area contributed by atoms with Crippen molar-refractivity contribution in [3.05, 3.63) is 59.9 Å². The third-order valence-electron chi connectivity index (χ3n) is 3.22. The molecule has 0 aliphatic rings. The van der Waals surface area contributed by atoms with Crippen molar-refractivity contribution in [2.24, 2.45) is 0 Å². The quantitative estimate of drug-likeness (QED) is 0.861. The Labute approximate surface area is 130 Å². The zero-order valence-corrected chi connectivity index (χ0v) is 12.9. The molecule has 1 aromatic heterocycles. The Hall–Kier alpha value is -2.56. The fourth-order valence-electron chi connectivity index (χ4n) is 2.05. The molecule has 2 amide bonds. The molecule has 0 fully saturated rings. The molecule has 0 radical (unpaired) electrons. The van der Waals surface area contributed by atoms with Crippen molar-refractivity contribution < 1.29 is 9.53 Å². The summed E-state index contributed by atoms with van der Waals surface area (Å²) in [5, 5.41) is 5.74. The van der Waals surface area contributed by atoms with Crippen molar-refractivity contribution in [2.45, 2.75) is 26.4 Å². The van der Waals surface area contributed by atoms with E-state index in [0.29, 0.717) is 13.2 Å². The molecule has 1 atom stereocenters. The van der Waals surface area contributed by atoms with Gasteiger partial charge in [0, 0.05) is 18.9 Å². The largest absolute Gasteiger partial charge is 0.494 e. The van der Waals surface area contributed by atoms with Crippen molar-refractivity contribution >= 4 is 6.03 Å². The molecule has 1 heterocycles. The van der Waals surface area contributed by atoms with E-state index in [4.69, 9.17) is 4.74 Å². The average molecular weight is 299 g/mol. The Kier molecular flexibility index (Phi) is 5.77. The topological polar surface area (TPSA) is 63.2 Å². The Morgan fingerprint density at radius 3 is 2.77 bits per heavy atom. The van der Waals surface area contributed by atoms with Crippen molar-refractivity contribution in [1.29, 1.82) is 0 Å². The van der Waals surface area contributed by atoms with Crippen molar-refractivity contribution in [2.75, 3.05) is 6.61 Å². The molecule has 0 aliphatic heterocycles. The number of hydrogen-bond donors (Lipinski definition) is 2. The van der Waals surface area contributed by atoms with Crippen LogP contribution in [0.25, 0.3) is 0 Å². The molecule has 2 rings (SSSR count). The molecule has 5 nitrogen and oxygen atoms in total. The van der Waals surface area contributed by atoms with Gasteiger partial charge in [0.1, 0.15) is 5.75 Å². The van der Waals surface area contributed by atoms with E-state index in [0.717, 1.165) is 16.9 Å². The van der Waals surface area contributed by atoms with E-state index >= 15 is 0 Å². The number of aromatic nitrogens is 1. The molecule has 0 spiro atoms. The molecule has 22 heavy (non-hydrogen) atoms. The van der Waals surface area contributed by atoms with E-state index in [1.807, 2.05) is 50.2 Å². The first kappa shape index (κ1) is 15.8. The fraction of sp³-hybridized carbons (Fsp3) is 0.294. The van der Waals surface area contributed by atoms with Gasteiger partial charge in [0.2, 0.25) is 0 Å². The first-order chi connectivity index (χ1) is 10.7. The van der Waals surface area contributed by atoms with Gasteiger partial charge in [-0.25, -0.2) is 4.79 Å². The third kappa shape index (κ3) is 4.77. The number of carbonyl (C=O) groups excluding carboxylic acids is 1. The second-order valence-electron chi connectivity index (χ2n) is 4.91. The SMILES string of the molecule is CCOc1cccc(C(C)NC(=O)NCc2ccncc2)c1. The van der Waals surface area contributed by atoms with Gasteiger partial charge in [-0.15, -0.1) is 0 Å². The lowest BCUT2D eigenvalue weighted by Crippen LogP contribution is -2.36. The van der Waals surface area contributed by atoms with Gasteiger partial charge in [0.25, 0.3) is 0 Å². The van der Waals surface area contributed by atoms with Gasteiger partial charge in [0.05, 0.1) is 12.6 Å². The molecule has 2 N–H and O–H groups in total. The minimum absolute atomic E-state index is 0.0992. The van der Waals surface area contributed by atoms with Crippen LogP contribution in [-0.2, 0) is 6.54 Å². The van der Waals surface area contributed by atoms with Crippen LogP contribution in [0, 0.1) is 0 Å². The van der Waals surface area contributed by atoms with Gasteiger partial charge >= 0.3 is 6.03 Å². The Balaban J connectivity index is 1.86. The zero-order valence-electron chi connectivity index (χ0n) is 12.9. The summed E-state index contributed by atoms with van der Waals surface area (Å²) in [6.07, 6.45) is 3.41. The number of carbonyl (C=O) groups is 1. The third-order valence-corrected chi connectivity index (χ3v) is 3.22. The molecule has 116 valence electrons. The van der Waals surface area contributed by atoms with Gasteiger partial charge in [-0.05, 0) is 49.2 Å². The van der Waals surface area contributed by atoms with Crippen LogP contribution in [0.3, 0.4) is 0 Å². The smallest absolute Gasteiger partial charge is 0.315 e. The summed E-state index contributed by atoms with van der Waals surface area (Å²) in [4.78, 5) is 15.9. The number of rotatable bonds is 6. The van der Waals surface area contributed by atoms with Gasteiger partial charge in [-0.3, -0.25) is 4.98 Å². The van der Waals surface area contributed by atoms with Crippen molar-refractivity contribution in [1.82, 2.24) is 15.6 Å². The Morgan fingerprint density at radius 1 is 1.27 bits per heavy atom. The van der Waals surface area contributed by atoms with Crippen LogP contribution in [0.4, 0.5) is 4.79 Å². The molecule has 0 aliphatic carbocycles. The summed E-state index contributed by atoms with van der Waals surface area (Å²) >= 11 is 0. The lowest BCUT2D eigenvalue weighted by molar-refractivity contribution is 0.237. The number of ether oxygens (including phenoxy) is 1. The second-order valence-corrected chi connectivity index (χ2v) is 4.91. The molecule has 2 aromatic rings. The highest BCUT2D eigenvalue weighted by Crippen LogP contribution is 2.19. The standard InChI is InChI=1S/C17H21N3O2/c1-3-22-16-6-4-5-15(11-16)13(2)20-17(21)19-12-14-7-9-18-10-8-14/h4-11,13H,3,12H2,1-2H3,(H2,19,20,21). The van der Waals surface area contributed by atoms with E-state index in [1.165, 1.54) is 0 Å². The number of nitrogens with one attached hydrogen (secondary N) is 2. The Bertz CT molecular complexity index is 602. The van der Waals surface area contributed by atoms with E-state index in [9.17, 15) is 4.79 Å². The number of hydrogen-bond acceptors (Lipinski definition) is 3. The highest BCUT2D eigenvalue weighted by Gasteiger charge is 2.10. The molecule has 1 aromatic carbocycles. The highest BCUT2D eigenvalue weighted by atomic mass is 16.5. The maximum Gasteiger partial charge on any atom is 0.315 e. The molecule has 0 saturated carbocycles. The van der Waals surface area contributed by atoms with E-state index in [-0.39, 0.29) is 12.1 Å². The van der Waals surface area contributed by atoms with Crippen LogP contribution in [0.15, 0.2) is 48.8 Å². The predicted octanol–water partition coefficient (Wildman–Crippen LogP) is 3.04. The molecular formula is C17H21N3O2. The highest BCUT2D eigenvalue weighted by molar-refractivity contribution is 5.74.